The van der Waals surface area contributed by atoms with Crippen LogP contribution in [0.25, 0.3) is 5.65 Å². The molecule has 2 heterocycles. The zero-order valence-electron chi connectivity index (χ0n) is 13.3. The number of carbonyl (C=O) groups is 2. The van der Waals surface area contributed by atoms with Crippen LogP contribution in [0.3, 0.4) is 0 Å². The van der Waals surface area contributed by atoms with Gasteiger partial charge >= 0.3 is 0 Å². The average Bonchev–Trinajstić information content (AvgIpc) is 2.92. The van der Waals surface area contributed by atoms with Crippen molar-refractivity contribution < 1.29 is 9.59 Å². The van der Waals surface area contributed by atoms with E-state index in [-0.39, 0.29) is 11.7 Å². The molecule has 0 radical (unpaired) electrons. The van der Waals surface area contributed by atoms with E-state index in [1.54, 1.807) is 47.0 Å². The number of aryl methyl sites for hydroxylation is 1. The van der Waals surface area contributed by atoms with E-state index in [9.17, 15) is 9.59 Å². The van der Waals surface area contributed by atoms with Crippen molar-refractivity contribution in [3.63, 3.8) is 0 Å². The fourth-order valence-electron chi connectivity index (χ4n) is 2.56. The van der Waals surface area contributed by atoms with Crippen molar-refractivity contribution in [3.05, 3.63) is 64.6 Å². The third kappa shape index (κ3) is 3.03. The molecule has 0 bridgehead atoms. The summed E-state index contributed by atoms with van der Waals surface area (Å²) < 4.78 is 1.72. The van der Waals surface area contributed by atoms with Gasteiger partial charge in [0.15, 0.2) is 5.78 Å². The SMILES string of the molecule is CCc1nc2cc(Cl)ccn2c1C(=O)Nc1cccc(C(C)=O)c1. The van der Waals surface area contributed by atoms with Crippen molar-refractivity contribution >= 4 is 34.6 Å². The van der Waals surface area contributed by atoms with Crippen LogP contribution in [-0.2, 0) is 6.42 Å². The van der Waals surface area contributed by atoms with Gasteiger partial charge in [-0.05, 0) is 31.5 Å². The van der Waals surface area contributed by atoms with Gasteiger partial charge in [0.25, 0.3) is 5.91 Å². The number of halogens is 1. The van der Waals surface area contributed by atoms with E-state index in [1.165, 1.54) is 6.92 Å². The monoisotopic (exact) mass is 341 g/mol. The minimum Gasteiger partial charge on any atom is -0.321 e. The number of carbonyl (C=O) groups excluding carboxylic acids is 2. The van der Waals surface area contributed by atoms with E-state index in [0.29, 0.717) is 39.7 Å². The largest absolute Gasteiger partial charge is 0.321 e. The van der Waals surface area contributed by atoms with Gasteiger partial charge < -0.3 is 5.32 Å². The maximum atomic E-state index is 12.7. The normalized spacial score (nSPS) is 10.8. The third-order valence-corrected chi connectivity index (χ3v) is 3.97. The zero-order valence-corrected chi connectivity index (χ0v) is 14.1. The summed E-state index contributed by atoms with van der Waals surface area (Å²) in [7, 11) is 0. The lowest BCUT2D eigenvalue weighted by Crippen LogP contribution is -2.16. The maximum Gasteiger partial charge on any atom is 0.274 e. The van der Waals surface area contributed by atoms with Gasteiger partial charge in [-0.25, -0.2) is 4.98 Å². The predicted octanol–water partition coefficient (Wildman–Crippen LogP) is 4.01. The molecule has 2 aromatic heterocycles. The Hall–Kier alpha value is -2.66. The van der Waals surface area contributed by atoms with E-state index in [0.717, 1.165) is 0 Å². The molecular weight excluding hydrogens is 326 g/mol. The number of fused-ring (bicyclic) bond motifs is 1. The van der Waals surface area contributed by atoms with Crippen LogP contribution >= 0.6 is 11.6 Å². The fraction of sp³-hybridized carbons (Fsp3) is 0.167. The van der Waals surface area contributed by atoms with Crippen LogP contribution in [0.5, 0.6) is 0 Å². The standard InChI is InChI=1S/C18H16ClN3O2/c1-3-15-17(22-8-7-13(19)10-16(22)21-15)18(24)20-14-6-4-5-12(9-14)11(2)23/h4-10H,3H2,1-2H3,(H,20,24). The van der Waals surface area contributed by atoms with E-state index in [4.69, 9.17) is 11.6 Å². The Labute approximate surface area is 144 Å². The smallest absolute Gasteiger partial charge is 0.274 e. The maximum absolute atomic E-state index is 12.7. The summed E-state index contributed by atoms with van der Waals surface area (Å²) >= 11 is 5.99. The molecule has 24 heavy (non-hydrogen) atoms. The van der Waals surface area contributed by atoms with E-state index in [2.05, 4.69) is 10.3 Å². The second kappa shape index (κ2) is 6.45. The molecule has 122 valence electrons. The van der Waals surface area contributed by atoms with Crippen molar-refractivity contribution in [2.75, 3.05) is 5.32 Å². The number of rotatable bonds is 4. The highest BCUT2D eigenvalue weighted by Crippen LogP contribution is 2.19. The first-order valence-corrected chi connectivity index (χ1v) is 7.96. The number of anilines is 1. The van der Waals surface area contributed by atoms with Gasteiger partial charge in [0.05, 0.1) is 5.69 Å². The molecule has 0 spiro atoms. The van der Waals surface area contributed by atoms with Crippen molar-refractivity contribution in [1.82, 2.24) is 9.38 Å². The molecule has 5 nitrogen and oxygen atoms in total. The van der Waals surface area contributed by atoms with Crippen LogP contribution in [0.2, 0.25) is 5.02 Å². The second-order valence-corrected chi connectivity index (χ2v) is 5.86. The van der Waals surface area contributed by atoms with Gasteiger partial charge in [-0.1, -0.05) is 30.7 Å². The Morgan fingerprint density at radius 2 is 2.04 bits per heavy atom. The number of amides is 1. The lowest BCUT2D eigenvalue weighted by Gasteiger charge is -2.08. The zero-order chi connectivity index (χ0) is 17.3. The van der Waals surface area contributed by atoms with Gasteiger partial charge in [0, 0.05) is 28.5 Å². The molecule has 0 saturated heterocycles. The van der Waals surface area contributed by atoms with Crippen molar-refractivity contribution in [1.29, 1.82) is 0 Å². The van der Waals surface area contributed by atoms with Crippen LogP contribution in [0.1, 0.15) is 40.4 Å². The molecule has 1 amide bonds. The topological polar surface area (TPSA) is 63.5 Å². The molecule has 1 N–H and O–H groups in total. The van der Waals surface area contributed by atoms with Gasteiger partial charge in [0.2, 0.25) is 0 Å². The number of benzene rings is 1. The molecule has 1 aromatic carbocycles. The van der Waals surface area contributed by atoms with E-state index >= 15 is 0 Å². The van der Waals surface area contributed by atoms with Crippen LogP contribution in [0, 0.1) is 0 Å². The van der Waals surface area contributed by atoms with Crippen molar-refractivity contribution in [2.45, 2.75) is 20.3 Å². The van der Waals surface area contributed by atoms with Gasteiger partial charge in [-0.2, -0.15) is 0 Å². The fourth-order valence-corrected chi connectivity index (χ4v) is 2.72. The molecule has 0 saturated carbocycles. The Kier molecular flexibility index (Phi) is 4.36. The Balaban J connectivity index is 1.99. The number of pyridine rings is 1. The van der Waals surface area contributed by atoms with Crippen LogP contribution in [0.15, 0.2) is 42.6 Å². The number of nitrogens with zero attached hydrogens (tertiary/aromatic N) is 2. The third-order valence-electron chi connectivity index (χ3n) is 3.74. The first-order valence-electron chi connectivity index (χ1n) is 7.58. The summed E-state index contributed by atoms with van der Waals surface area (Å²) in [6.07, 6.45) is 2.35. The molecule has 0 atom stereocenters. The highest BCUT2D eigenvalue weighted by Gasteiger charge is 2.18. The summed E-state index contributed by atoms with van der Waals surface area (Å²) in [6.45, 7) is 3.43. The Morgan fingerprint density at radius 1 is 1.25 bits per heavy atom. The summed E-state index contributed by atoms with van der Waals surface area (Å²) in [4.78, 5) is 28.7. The number of aromatic nitrogens is 2. The number of ketones is 1. The first-order chi connectivity index (χ1) is 11.5. The Bertz CT molecular complexity index is 947. The predicted molar refractivity (Wildman–Crippen MR) is 94.0 cm³/mol. The average molecular weight is 342 g/mol. The number of hydrogen-bond donors (Lipinski definition) is 1. The lowest BCUT2D eigenvalue weighted by atomic mass is 10.1. The highest BCUT2D eigenvalue weighted by molar-refractivity contribution is 6.30. The first kappa shape index (κ1) is 16.2. The second-order valence-electron chi connectivity index (χ2n) is 5.42. The van der Waals surface area contributed by atoms with Gasteiger partial charge in [0.1, 0.15) is 11.3 Å². The molecule has 3 rings (SSSR count). The van der Waals surface area contributed by atoms with Gasteiger partial charge in [-0.15, -0.1) is 0 Å². The summed E-state index contributed by atoms with van der Waals surface area (Å²) in [5.74, 6) is -0.327. The lowest BCUT2D eigenvalue weighted by molar-refractivity contribution is 0.100. The number of Topliss-reactive ketones (excluding diaryl/α,β-unsaturated/α-hetero) is 1. The number of imidazole rings is 1. The van der Waals surface area contributed by atoms with Crippen LogP contribution in [0.4, 0.5) is 5.69 Å². The molecular formula is C18H16ClN3O2. The quantitative estimate of drug-likeness (QED) is 0.729. The summed E-state index contributed by atoms with van der Waals surface area (Å²) in [6, 6.07) is 10.3. The molecule has 0 fully saturated rings. The minimum absolute atomic E-state index is 0.0511. The molecule has 3 aromatic rings. The van der Waals surface area contributed by atoms with Crippen LogP contribution in [-0.4, -0.2) is 21.1 Å². The molecule has 0 aliphatic heterocycles. The molecule has 0 aliphatic carbocycles. The minimum atomic E-state index is -0.276. The van der Waals surface area contributed by atoms with E-state index in [1.807, 2.05) is 6.92 Å². The molecule has 0 unspecified atom stereocenters. The van der Waals surface area contributed by atoms with Crippen molar-refractivity contribution in [2.24, 2.45) is 0 Å². The summed E-state index contributed by atoms with van der Waals surface area (Å²) in [5.41, 5.74) is 2.91. The van der Waals surface area contributed by atoms with E-state index < -0.39 is 0 Å². The molecule has 6 heteroatoms. The van der Waals surface area contributed by atoms with Gasteiger partial charge in [-0.3, -0.25) is 14.0 Å². The Morgan fingerprint density at radius 3 is 2.75 bits per heavy atom. The summed E-state index contributed by atoms with van der Waals surface area (Å²) in [5, 5.41) is 3.40. The highest BCUT2D eigenvalue weighted by atomic mass is 35.5. The number of hydrogen-bond acceptors (Lipinski definition) is 3. The van der Waals surface area contributed by atoms with Crippen molar-refractivity contribution in [3.8, 4) is 0 Å². The number of nitrogens with one attached hydrogen (secondary N) is 1. The molecule has 0 aliphatic rings. The van der Waals surface area contributed by atoms with Crippen LogP contribution < -0.4 is 5.32 Å².